The molecule has 2 heteroatoms. The smallest absolute Gasteiger partial charge is 0.224 e. The first-order valence-corrected chi connectivity index (χ1v) is 14.3. The van der Waals surface area contributed by atoms with Crippen LogP contribution in [0.5, 0.6) is 0 Å². The molecule has 2 aliphatic carbocycles. The van der Waals surface area contributed by atoms with Crippen molar-refractivity contribution in [1.82, 2.24) is 4.40 Å². The Labute approximate surface area is 222 Å². The van der Waals surface area contributed by atoms with Crippen LogP contribution >= 0.6 is 0 Å². The molecule has 2 aliphatic rings. The van der Waals surface area contributed by atoms with Crippen molar-refractivity contribution in [3.63, 3.8) is 0 Å². The Morgan fingerprint density at radius 1 is 0.763 bits per heavy atom. The summed E-state index contributed by atoms with van der Waals surface area (Å²) >= 11 is 0. The summed E-state index contributed by atoms with van der Waals surface area (Å²) in [5.41, 5.74) is 10.9. The van der Waals surface area contributed by atoms with Crippen molar-refractivity contribution in [2.24, 2.45) is 18.9 Å². The van der Waals surface area contributed by atoms with Crippen molar-refractivity contribution < 1.29 is 4.57 Å². The van der Waals surface area contributed by atoms with Gasteiger partial charge in [-0.2, -0.15) is 0 Å². The van der Waals surface area contributed by atoms with Crippen molar-refractivity contribution in [3.8, 4) is 11.1 Å². The lowest BCUT2D eigenvalue weighted by molar-refractivity contribution is -0.643. The molecule has 3 aromatic heterocycles. The summed E-state index contributed by atoms with van der Waals surface area (Å²) in [6, 6.07) is 30.0. The highest BCUT2D eigenvalue weighted by Crippen LogP contribution is 2.53. The third kappa shape index (κ3) is 2.65. The lowest BCUT2D eigenvalue weighted by atomic mass is 9.82. The second-order valence-corrected chi connectivity index (χ2v) is 12.1. The van der Waals surface area contributed by atoms with Gasteiger partial charge in [-0.1, -0.05) is 67.1 Å². The minimum absolute atomic E-state index is 0.711. The fourth-order valence-corrected chi connectivity index (χ4v) is 8.41. The lowest BCUT2D eigenvalue weighted by Gasteiger charge is -2.23. The highest BCUT2D eigenvalue weighted by atomic mass is 15.0. The monoisotopic (exact) mass is 491 g/mol. The van der Waals surface area contributed by atoms with Crippen LogP contribution < -0.4 is 4.57 Å². The fraction of sp³-hybridized carbons (Fsp3) is 0.250. The van der Waals surface area contributed by atoms with Crippen molar-refractivity contribution in [3.05, 3.63) is 96.2 Å². The van der Waals surface area contributed by atoms with Gasteiger partial charge in [0.15, 0.2) is 6.20 Å². The van der Waals surface area contributed by atoms with Crippen LogP contribution in [-0.2, 0) is 7.05 Å². The summed E-state index contributed by atoms with van der Waals surface area (Å²) < 4.78 is 4.97. The molecule has 184 valence electrons. The van der Waals surface area contributed by atoms with Gasteiger partial charge in [-0.25, -0.2) is 4.57 Å². The zero-order chi connectivity index (χ0) is 25.1. The molecule has 3 unspecified atom stereocenters. The molecule has 7 aromatic rings. The van der Waals surface area contributed by atoms with Gasteiger partial charge in [-0.05, 0) is 83.7 Å². The first kappa shape index (κ1) is 21.1. The maximum atomic E-state index is 2.62. The summed E-state index contributed by atoms with van der Waals surface area (Å²) in [5, 5.41) is 6.86. The molecule has 0 aliphatic heterocycles. The van der Waals surface area contributed by atoms with Gasteiger partial charge in [0, 0.05) is 16.8 Å². The summed E-state index contributed by atoms with van der Waals surface area (Å²) in [4.78, 5) is 0. The second-order valence-electron chi connectivity index (χ2n) is 12.1. The topological polar surface area (TPSA) is 8.29 Å². The Balaban J connectivity index is 1.49. The Morgan fingerprint density at radius 2 is 1.63 bits per heavy atom. The van der Waals surface area contributed by atoms with E-state index in [1.165, 1.54) is 91.4 Å². The highest BCUT2D eigenvalue weighted by Gasteiger charge is 2.40. The molecule has 0 spiro atoms. The number of rotatable bonds is 2. The van der Waals surface area contributed by atoms with Gasteiger partial charge in [0.25, 0.3) is 0 Å². The Kier molecular flexibility index (Phi) is 4.08. The van der Waals surface area contributed by atoms with Crippen LogP contribution in [0.3, 0.4) is 0 Å². The van der Waals surface area contributed by atoms with E-state index in [9.17, 15) is 0 Å². The zero-order valence-electron chi connectivity index (χ0n) is 22.0. The van der Waals surface area contributed by atoms with Gasteiger partial charge < -0.3 is 4.40 Å². The number of aromatic nitrogens is 2. The predicted molar refractivity (Wildman–Crippen MR) is 158 cm³/mol. The van der Waals surface area contributed by atoms with E-state index in [-0.39, 0.29) is 0 Å². The largest absolute Gasteiger partial charge is 0.307 e. The number of fused-ring (bicyclic) bond motifs is 7. The standard InChI is InChI=1S/C36H31N2/c1-21-8-12-29-28-13-11-24(23-6-4-3-5-7-23)19-31(28)38-32-20-27(30-17-22-9-10-25(30)16-22)18-26-14-15-37(2)36(34(26)32)33(21)35(29)38/h3-8,11-15,18-20,22,25,30H,9-10,16-17H2,1-2H3/q+1. The molecule has 3 heterocycles. The van der Waals surface area contributed by atoms with Crippen molar-refractivity contribution >= 4 is 49.0 Å². The predicted octanol–water partition coefficient (Wildman–Crippen LogP) is 8.69. The maximum absolute atomic E-state index is 2.62. The minimum atomic E-state index is 0.711. The van der Waals surface area contributed by atoms with Gasteiger partial charge in [-0.15, -0.1) is 0 Å². The number of aryl methyl sites for hydroxylation is 2. The lowest BCUT2D eigenvalue weighted by Crippen LogP contribution is -2.29. The number of hydrogen-bond acceptors (Lipinski definition) is 0. The first-order chi connectivity index (χ1) is 18.7. The molecule has 2 bridgehead atoms. The van der Waals surface area contributed by atoms with E-state index in [2.05, 4.69) is 108 Å². The van der Waals surface area contributed by atoms with Gasteiger partial charge >= 0.3 is 0 Å². The average molecular weight is 492 g/mol. The van der Waals surface area contributed by atoms with E-state index in [1.54, 1.807) is 5.56 Å². The first-order valence-electron chi connectivity index (χ1n) is 14.3. The van der Waals surface area contributed by atoms with Crippen LogP contribution in [0.1, 0.15) is 42.7 Å². The van der Waals surface area contributed by atoms with E-state index in [0.29, 0.717) is 5.92 Å². The number of pyridine rings is 2. The number of nitrogens with zero attached hydrogens (tertiary/aromatic N) is 2. The highest BCUT2D eigenvalue weighted by molar-refractivity contribution is 6.26. The van der Waals surface area contributed by atoms with Crippen LogP contribution in [-0.4, -0.2) is 4.40 Å². The summed E-state index contributed by atoms with van der Waals surface area (Å²) in [7, 11) is 2.21. The normalized spacial score (nSPS) is 21.3. The van der Waals surface area contributed by atoms with Crippen LogP contribution in [0.4, 0.5) is 0 Å². The zero-order valence-corrected chi connectivity index (χ0v) is 22.0. The third-order valence-electron chi connectivity index (χ3n) is 10.1. The van der Waals surface area contributed by atoms with E-state index in [1.807, 2.05) is 0 Å². The van der Waals surface area contributed by atoms with E-state index in [0.717, 1.165) is 11.8 Å². The molecule has 3 atom stereocenters. The molecule has 0 N–H and O–H groups in total. The summed E-state index contributed by atoms with van der Waals surface area (Å²) in [6.07, 6.45) is 7.94. The molecular formula is C36H31N2+. The van der Waals surface area contributed by atoms with Crippen LogP contribution in [0.2, 0.25) is 0 Å². The third-order valence-corrected chi connectivity index (χ3v) is 10.1. The molecule has 2 fully saturated rings. The number of benzene rings is 4. The Bertz CT molecular complexity index is 2060. The molecule has 4 aromatic carbocycles. The quantitative estimate of drug-likeness (QED) is 0.130. The van der Waals surface area contributed by atoms with Gasteiger partial charge in [0.2, 0.25) is 5.52 Å². The van der Waals surface area contributed by atoms with Crippen LogP contribution in [0, 0.1) is 18.8 Å². The van der Waals surface area contributed by atoms with Crippen molar-refractivity contribution in [2.75, 3.05) is 0 Å². The minimum Gasteiger partial charge on any atom is -0.307 e. The molecule has 2 saturated carbocycles. The molecular weight excluding hydrogens is 460 g/mol. The molecule has 0 saturated heterocycles. The SMILES string of the molecule is Cc1ccc2c3ccc(-c4ccccc4)cc3n3c4cc(C5CC6CCC5C6)cc5cc[n+](C)c(c1c23)c54. The second kappa shape index (κ2) is 7.35. The van der Waals surface area contributed by atoms with Gasteiger partial charge in [-0.3, -0.25) is 0 Å². The Morgan fingerprint density at radius 3 is 2.45 bits per heavy atom. The van der Waals surface area contributed by atoms with E-state index >= 15 is 0 Å². The molecule has 0 radical (unpaired) electrons. The van der Waals surface area contributed by atoms with Crippen LogP contribution in [0.15, 0.2) is 85.1 Å². The molecule has 38 heavy (non-hydrogen) atoms. The van der Waals surface area contributed by atoms with Gasteiger partial charge in [0.1, 0.15) is 7.05 Å². The van der Waals surface area contributed by atoms with Crippen molar-refractivity contribution in [2.45, 2.75) is 38.5 Å². The maximum Gasteiger partial charge on any atom is 0.224 e. The van der Waals surface area contributed by atoms with Gasteiger partial charge in [0.05, 0.1) is 27.3 Å². The molecule has 0 amide bonds. The van der Waals surface area contributed by atoms with E-state index in [4.69, 9.17) is 0 Å². The number of hydrogen-bond donors (Lipinski definition) is 0. The summed E-state index contributed by atoms with van der Waals surface area (Å²) in [6.45, 7) is 2.28. The van der Waals surface area contributed by atoms with Crippen LogP contribution in [0.25, 0.3) is 60.1 Å². The fourth-order valence-electron chi connectivity index (χ4n) is 8.41. The van der Waals surface area contributed by atoms with E-state index < -0.39 is 0 Å². The molecule has 9 rings (SSSR count). The summed E-state index contributed by atoms with van der Waals surface area (Å²) in [5.74, 6) is 2.52. The average Bonchev–Trinajstić information content (AvgIpc) is 3.67. The van der Waals surface area contributed by atoms with Crippen molar-refractivity contribution in [1.29, 1.82) is 0 Å². The Hall–Kier alpha value is -3.91. The molecule has 2 nitrogen and oxygen atoms in total.